The first-order chi connectivity index (χ1) is 13.6. The molecule has 0 saturated heterocycles. The predicted molar refractivity (Wildman–Crippen MR) is 97.3 cm³/mol. The number of aromatic nitrogens is 3. The van der Waals surface area contributed by atoms with Gasteiger partial charge in [0.05, 0.1) is 6.20 Å². The van der Waals surface area contributed by atoms with Crippen LogP contribution in [0.2, 0.25) is 0 Å². The van der Waals surface area contributed by atoms with Crippen LogP contribution in [0.1, 0.15) is 35.5 Å². The van der Waals surface area contributed by atoms with E-state index in [0.717, 1.165) is 60.3 Å². The van der Waals surface area contributed by atoms with E-state index in [1.807, 2.05) is 12.1 Å². The third kappa shape index (κ3) is 3.67. The highest BCUT2D eigenvalue weighted by Crippen LogP contribution is 2.33. The van der Waals surface area contributed by atoms with Crippen molar-refractivity contribution in [2.75, 3.05) is 0 Å². The molecule has 3 heterocycles. The van der Waals surface area contributed by atoms with Crippen molar-refractivity contribution in [2.24, 2.45) is 0 Å². The zero-order valence-electron chi connectivity index (χ0n) is 15.0. The molecule has 1 aliphatic rings. The largest absolute Gasteiger partial charge is 0.471 e. The van der Waals surface area contributed by atoms with Crippen LogP contribution in [0.25, 0.3) is 11.1 Å². The average molecular weight is 378 g/mol. The fourth-order valence-corrected chi connectivity index (χ4v) is 3.32. The molecule has 0 amide bonds. The topological polar surface area (TPSA) is 71.7 Å². The second-order valence-corrected chi connectivity index (χ2v) is 6.56. The molecule has 0 saturated carbocycles. The lowest BCUT2D eigenvalue weighted by atomic mass is 9.90. The molecule has 0 bridgehead atoms. The van der Waals surface area contributed by atoms with Crippen LogP contribution in [0, 0.1) is 23.0 Å². The molecule has 0 aromatic carbocycles. The molecule has 1 aliphatic carbocycles. The molecular formula is C21H16F2N4O. The van der Waals surface area contributed by atoms with Crippen LogP contribution < -0.4 is 4.74 Å². The molecule has 7 heteroatoms. The third-order valence-corrected chi connectivity index (χ3v) is 4.71. The van der Waals surface area contributed by atoms with E-state index in [1.54, 1.807) is 18.3 Å². The predicted octanol–water partition coefficient (Wildman–Crippen LogP) is 4.15. The molecule has 0 unspecified atom stereocenters. The molecule has 0 aliphatic heterocycles. The number of fused-ring (bicyclic) bond motifs is 1. The van der Waals surface area contributed by atoms with Gasteiger partial charge in [-0.05, 0) is 48.9 Å². The van der Waals surface area contributed by atoms with Gasteiger partial charge in [-0.2, -0.15) is 5.26 Å². The molecule has 0 radical (unpaired) electrons. The first-order valence-electron chi connectivity index (χ1n) is 8.96. The number of aryl methyl sites for hydroxylation is 1. The van der Waals surface area contributed by atoms with Crippen LogP contribution in [0.15, 0.2) is 36.7 Å². The summed E-state index contributed by atoms with van der Waals surface area (Å²) in [7, 11) is 0. The van der Waals surface area contributed by atoms with E-state index in [-0.39, 0.29) is 12.3 Å². The van der Waals surface area contributed by atoms with Gasteiger partial charge in [-0.3, -0.25) is 4.98 Å². The summed E-state index contributed by atoms with van der Waals surface area (Å²) in [5, 5.41) is 8.95. The van der Waals surface area contributed by atoms with E-state index in [1.165, 1.54) is 0 Å². The molecule has 0 atom stereocenters. The Morgan fingerprint density at radius 1 is 1.07 bits per heavy atom. The van der Waals surface area contributed by atoms with Gasteiger partial charge in [0, 0.05) is 29.6 Å². The van der Waals surface area contributed by atoms with E-state index in [4.69, 9.17) is 10.00 Å². The highest BCUT2D eigenvalue weighted by molar-refractivity contribution is 5.69. The number of ether oxygens (including phenoxy) is 1. The second kappa shape index (κ2) is 7.69. The number of hydrogen-bond acceptors (Lipinski definition) is 5. The zero-order valence-corrected chi connectivity index (χ0v) is 15.0. The normalized spacial score (nSPS) is 12.9. The minimum Gasteiger partial charge on any atom is -0.471 e. The summed E-state index contributed by atoms with van der Waals surface area (Å²) in [4.78, 5) is 12.5. The molecule has 140 valence electrons. The Bertz CT molecular complexity index is 1060. The van der Waals surface area contributed by atoms with Gasteiger partial charge in [0.2, 0.25) is 5.88 Å². The number of nitrogens with zero attached hydrogens (tertiary/aromatic N) is 4. The fraction of sp³-hybridized carbons (Fsp3) is 0.238. The van der Waals surface area contributed by atoms with E-state index >= 15 is 0 Å². The average Bonchev–Trinajstić information content (AvgIpc) is 2.72. The van der Waals surface area contributed by atoms with Gasteiger partial charge in [-0.25, -0.2) is 18.7 Å². The Labute approximate surface area is 160 Å². The van der Waals surface area contributed by atoms with Crippen LogP contribution in [0.3, 0.4) is 0 Å². The van der Waals surface area contributed by atoms with E-state index in [0.29, 0.717) is 11.6 Å². The maximum absolute atomic E-state index is 13.8. The minimum atomic E-state index is -0.755. The molecule has 3 aromatic heterocycles. The maximum atomic E-state index is 13.8. The summed E-state index contributed by atoms with van der Waals surface area (Å²) >= 11 is 0. The zero-order chi connectivity index (χ0) is 19.5. The highest BCUT2D eigenvalue weighted by Gasteiger charge is 2.19. The van der Waals surface area contributed by atoms with Crippen LogP contribution >= 0.6 is 0 Å². The highest BCUT2D eigenvalue weighted by atomic mass is 19.1. The van der Waals surface area contributed by atoms with E-state index in [9.17, 15) is 8.78 Å². The van der Waals surface area contributed by atoms with Crippen molar-refractivity contribution in [1.82, 2.24) is 15.0 Å². The van der Waals surface area contributed by atoms with Crippen molar-refractivity contribution in [3.63, 3.8) is 0 Å². The Hall–Kier alpha value is -3.40. The van der Waals surface area contributed by atoms with Crippen LogP contribution in [-0.2, 0) is 19.4 Å². The second-order valence-electron chi connectivity index (χ2n) is 6.56. The third-order valence-electron chi connectivity index (χ3n) is 4.71. The van der Waals surface area contributed by atoms with E-state index < -0.39 is 11.6 Å². The van der Waals surface area contributed by atoms with E-state index in [2.05, 4.69) is 15.0 Å². The van der Waals surface area contributed by atoms with Crippen molar-refractivity contribution in [3.05, 3.63) is 70.9 Å². The van der Waals surface area contributed by atoms with Crippen LogP contribution in [-0.4, -0.2) is 15.0 Å². The van der Waals surface area contributed by atoms with Gasteiger partial charge in [0.15, 0.2) is 5.82 Å². The van der Waals surface area contributed by atoms with Gasteiger partial charge >= 0.3 is 0 Å². The smallest absolute Gasteiger partial charge is 0.214 e. The number of hydrogen-bond donors (Lipinski definition) is 0. The standard InChI is InChI=1S/C21H16F2N4O/c22-14-7-18(23)20(26-11-14)12-28-21-8-17(13-5-6-15(9-24)25-10-13)16-3-1-2-4-19(16)27-21/h5-8,10-11H,1-4,12H2. The van der Waals surface area contributed by atoms with Crippen molar-refractivity contribution < 1.29 is 13.5 Å². The summed E-state index contributed by atoms with van der Waals surface area (Å²) in [6.07, 6.45) is 6.49. The SMILES string of the molecule is N#Cc1ccc(-c2cc(OCc3ncc(F)cc3F)nc3c2CCCC3)cn1. The van der Waals surface area contributed by atoms with Crippen molar-refractivity contribution in [1.29, 1.82) is 5.26 Å². The number of rotatable bonds is 4. The summed E-state index contributed by atoms with van der Waals surface area (Å²) in [5.41, 5.74) is 4.29. The lowest BCUT2D eigenvalue weighted by molar-refractivity contribution is 0.281. The fourth-order valence-electron chi connectivity index (χ4n) is 3.32. The summed E-state index contributed by atoms with van der Waals surface area (Å²) in [6.45, 7) is -0.150. The summed E-state index contributed by atoms with van der Waals surface area (Å²) < 4.78 is 32.5. The van der Waals surface area contributed by atoms with Crippen molar-refractivity contribution in [2.45, 2.75) is 32.3 Å². The molecule has 0 spiro atoms. The lowest BCUT2D eigenvalue weighted by Crippen LogP contribution is -2.10. The quantitative estimate of drug-likeness (QED) is 0.682. The Kier molecular flexibility index (Phi) is 4.94. The summed E-state index contributed by atoms with van der Waals surface area (Å²) in [6, 6.07) is 8.11. The van der Waals surface area contributed by atoms with Crippen LogP contribution in [0.5, 0.6) is 5.88 Å². The van der Waals surface area contributed by atoms with Crippen LogP contribution in [0.4, 0.5) is 8.78 Å². The summed E-state index contributed by atoms with van der Waals surface area (Å²) in [5.74, 6) is -1.14. The van der Waals surface area contributed by atoms with Crippen molar-refractivity contribution >= 4 is 0 Å². The molecule has 0 N–H and O–H groups in total. The van der Waals surface area contributed by atoms with Gasteiger partial charge in [0.25, 0.3) is 0 Å². The molecule has 3 aromatic rings. The Morgan fingerprint density at radius 3 is 2.68 bits per heavy atom. The maximum Gasteiger partial charge on any atom is 0.214 e. The first kappa shape index (κ1) is 18.0. The van der Waals surface area contributed by atoms with Gasteiger partial charge < -0.3 is 4.74 Å². The van der Waals surface area contributed by atoms with Gasteiger partial charge in [-0.15, -0.1) is 0 Å². The number of nitriles is 1. The molecule has 28 heavy (non-hydrogen) atoms. The monoisotopic (exact) mass is 378 g/mol. The number of halogens is 2. The van der Waals surface area contributed by atoms with Gasteiger partial charge in [0.1, 0.15) is 29.9 Å². The molecular weight excluding hydrogens is 362 g/mol. The van der Waals surface area contributed by atoms with Crippen molar-refractivity contribution in [3.8, 4) is 23.1 Å². The van der Waals surface area contributed by atoms with Gasteiger partial charge in [-0.1, -0.05) is 0 Å². The molecule has 5 nitrogen and oxygen atoms in total. The molecule has 4 rings (SSSR count). The Balaban J connectivity index is 1.67. The molecule has 0 fully saturated rings. The Morgan fingerprint density at radius 2 is 1.93 bits per heavy atom. The number of pyridine rings is 3. The minimum absolute atomic E-state index is 0.0162. The lowest BCUT2D eigenvalue weighted by Gasteiger charge is -2.20. The first-order valence-corrected chi connectivity index (χ1v) is 8.96.